The van der Waals surface area contributed by atoms with Gasteiger partial charge in [0.2, 0.25) is 5.91 Å². The summed E-state index contributed by atoms with van der Waals surface area (Å²) in [6.07, 6.45) is 26.9. The van der Waals surface area contributed by atoms with Crippen LogP contribution < -0.4 is 74.6 Å². The van der Waals surface area contributed by atoms with Gasteiger partial charge in [0.1, 0.15) is 0 Å². The molecule has 0 bridgehead atoms. The molecule has 166 valence electrons. The summed E-state index contributed by atoms with van der Waals surface area (Å²) < 4.78 is 0. The van der Waals surface area contributed by atoms with Crippen LogP contribution in [0.5, 0.6) is 0 Å². The van der Waals surface area contributed by atoms with Crippen LogP contribution in [0.25, 0.3) is 0 Å². The van der Waals surface area contributed by atoms with Gasteiger partial charge in [0, 0.05) is 18.5 Å². The molecular formula is C24H33NNa2O5. The molecule has 6 nitrogen and oxygen atoms in total. The molecule has 0 saturated carbocycles. The summed E-state index contributed by atoms with van der Waals surface area (Å²) >= 11 is 0. The molecule has 0 aliphatic heterocycles. The molecule has 1 atom stereocenters. The molecule has 0 unspecified atom stereocenters. The van der Waals surface area contributed by atoms with Crippen molar-refractivity contribution < 1.29 is 83.7 Å². The van der Waals surface area contributed by atoms with Crippen molar-refractivity contribution in [2.75, 3.05) is 0 Å². The van der Waals surface area contributed by atoms with E-state index in [0.717, 1.165) is 12.5 Å². The number of carboxylic acids is 2. The average Bonchev–Trinajstić information content (AvgIpc) is 2.69. The van der Waals surface area contributed by atoms with Gasteiger partial charge in [-0.15, -0.1) is 0 Å². The monoisotopic (exact) mass is 461 g/mol. The normalized spacial score (nSPS) is 12.4. The first kappa shape index (κ1) is 35.7. The number of aliphatic carboxylic acids is 2. The Morgan fingerprint density at radius 1 is 0.750 bits per heavy atom. The van der Waals surface area contributed by atoms with E-state index >= 15 is 0 Å². The van der Waals surface area contributed by atoms with E-state index in [-0.39, 0.29) is 59.1 Å². The van der Waals surface area contributed by atoms with Gasteiger partial charge in [-0.25, -0.2) is 0 Å². The number of unbranched alkanes of at least 4 members (excludes halogenated alkanes) is 7. The summed E-state index contributed by atoms with van der Waals surface area (Å²) in [6, 6.07) is -1.62. The predicted octanol–water partition coefficient (Wildman–Crippen LogP) is -3.71. The standard InChI is InChI=1S/C24H35NO5.2Na/c1-2-3-4-5-6-7-8-9-10-11-12-13-14-15-16-17-18-19-22(26)25-21(24(29)30)20-23(27)28;;/h10-19,21H,2-9,20H2,1H3,(H,25,26)(H,27,28)(H,29,30);;/q;2*+1/p-2/t21-;;/m0../s1. The van der Waals surface area contributed by atoms with Crippen LogP contribution >= 0.6 is 0 Å². The largest absolute Gasteiger partial charge is 1.00 e. The molecule has 1 amide bonds. The van der Waals surface area contributed by atoms with Crippen LogP contribution in [-0.2, 0) is 14.4 Å². The number of carbonyl (C=O) groups excluding carboxylic acids is 3. The number of hydrogen-bond donors (Lipinski definition) is 1. The number of rotatable bonds is 17. The van der Waals surface area contributed by atoms with Gasteiger partial charge in [0.25, 0.3) is 0 Å². The fourth-order valence-corrected chi connectivity index (χ4v) is 2.50. The Balaban J connectivity index is -0.00000420. The predicted molar refractivity (Wildman–Crippen MR) is 115 cm³/mol. The van der Waals surface area contributed by atoms with Gasteiger partial charge < -0.3 is 25.1 Å². The average molecular weight is 462 g/mol. The number of amides is 1. The first-order valence-corrected chi connectivity index (χ1v) is 10.5. The minimum absolute atomic E-state index is 0. The molecule has 0 saturated heterocycles. The third kappa shape index (κ3) is 25.4. The van der Waals surface area contributed by atoms with Gasteiger partial charge in [-0.3, -0.25) is 4.79 Å². The second kappa shape index (κ2) is 26.4. The topological polar surface area (TPSA) is 109 Å². The van der Waals surface area contributed by atoms with Crippen molar-refractivity contribution in [1.29, 1.82) is 0 Å². The summed E-state index contributed by atoms with van der Waals surface area (Å²) in [4.78, 5) is 32.7. The molecule has 1 N–H and O–H groups in total. The Labute approximate surface area is 236 Å². The third-order valence-electron chi connectivity index (χ3n) is 4.11. The Hall–Kier alpha value is -0.890. The zero-order valence-corrected chi connectivity index (χ0v) is 23.8. The molecule has 0 spiro atoms. The van der Waals surface area contributed by atoms with Crippen LogP contribution in [0.2, 0.25) is 0 Å². The minimum Gasteiger partial charge on any atom is -0.550 e. The van der Waals surface area contributed by atoms with E-state index in [1.807, 2.05) is 29.6 Å². The molecule has 0 aliphatic rings. The van der Waals surface area contributed by atoms with Crippen LogP contribution in [-0.4, -0.2) is 23.9 Å². The molecule has 0 aromatic carbocycles. The zero-order chi connectivity index (χ0) is 22.5. The van der Waals surface area contributed by atoms with Crippen LogP contribution in [0.15, 0.2) is 60.8 Å². The maximum absolute atomic E-state index is 11.5. The Morgan fingerprint density at radius 2 is 1.25 bits per heavy atom. The third-order valence-corrected chi connectivity index (χ3v) is 4.11. The molecular weight excluding hydrogens is 428 g/mol. The van der Waals surface area contributed by atoms with Gasteiger partial charge in [-0.2, -0.15) is 0 Å². The number of allylic oxidation sites excluding steroid dienone is 9. The van der Waals surface area contributed by atoms with E-state index in [4.69, 9.17) is 0 Å². The van der Waals surface area contributed by atoms with Crippen LogP contribution in [0.4, 0.5) is 0 Å². The summed E-state index contributed by atoms with van der Waals surface area (Å²) in [5.41, 5.74) is 0. The molecule has 32 heavy (non-hydrogen) atoms. The van der Waals surface area contributed by atoms with Crippen molar-refractivity contribution in [3.05, 3.63) is 60.8 Å². The SMILES string of the molecule is CCCCCCCCCC=CC=CC=CC=CC=CC(=O)N[C@@H](CC(=O)[O-])C(=O)[O-].[Na+].[Na+]. The van der Waals surface area contributed by atoms with Crippen LogP contribution in [0.1, 0.15) is 64.7 Å². The first-order chi connectivity index (χ1) is 14.5. The maximum atomic E-state index is 11.5. The van der Waals surface area contributed by atoms with Crippen molar-refractivity contribution in [3.8, 4) is 0 Å². The van der Waals surface area contributed by atoms with Gasteiger partial charge in [-0.05, 0) is 12.8 Å². The van der Waals surface area contributed by atoms with Crippen molar-refractivity contribution in [2.45, 2.75) is 70.8 Å². The number of nitrogens with one attached hydrogen (secondary N) is 1. The van der Waals surface area contributed by atoms with Gasteiger partial charge in [-0.1, -0.05) is 100 Å². The van der Waals surface area contributed by atoms with Gasteiger partial charge in [0.15, 0.2) is 0 Å². The fraction of sp³-hybridized carbons (Fsp3) is 0.458. The van der Waals surface area contributed by atoms with Crippen LogP contribution in [0.3, 0.4) is 0 Å². The van der Waals surface area contributed by atoms with Gasteiger partial charge in [0.05, 0.1) is 12.0 Å². The summed E-state index contributed by atoms with van der Waals surface area (Å²) in [5, 5.41) is 23.2. The Kier molecular flexibility index (Phi) is 29.4. The van der Waals surface area contributed by atoms with E-state index in [1.54, 1.807) is 18.2 Å². The summed E-state index contributed by atoms with van der Waals surface area (Å²) in [6.45, 7) is 2.23. The molecule has 0 rings (SSSR count). The van der Waals surface area contributed by atoms with E-state index in [2.05, 4.69) is 13.0 Å². The fourth-order valence-electron chi connectivity index (χ4n) is 2.50. The van der Waals surface area contributed by atoms with Crippen LogP contribution in [0, 0.1) is 0 Å². The first-order valence-electron chi connectivity index (χ1n) is 10.5. The van der Waals surface area contributed by atoms with Crippen molar-refractivity contribution >= 4 is 17.8 Å². The smallest absolute Gasteiger partial charge is 0.550 e. The van der Waals surface area contributed by atoms with Crippen molar-refractivity contribution in [3.63, 3.8) is 0 Å². The molecule has 0 aliphatic carbocycles. The van der Waals surface area contributed by atoms with E-state index < -0.39 is 30.3 Å². The molecule has 0 aromatic rings. The number of carbonyl (C=O) groups is 3. The van der Waals surface area contributed by atoms with E-state index in [0.29, 0.717) is 0 Å². The zero-order valence-electron chi connectivity index (χ0n) is 19.8. The number of carboxylic acid groups (broad SMARTS) is 2. The van der Waals surface area contributed by atoms with Crippen molar-refractivity contribution in [2.24, 2.45) is 0 Å². The van der Waals surface area contributed by atoms with E-state index in [1.165, 1.54) is 51.0 Å². The minimum atomic E-state index is -1.68. The van der Waals surface area contributed by atoms with E-state index in [9.17, 15) is 24.6 Å². The second-order valence-corrected chi connectivity index (χ2v) is 6.81. The second-order valence-electron chi connectivity index (χ2n) is 6.81. The molecule has 0 aromatic heterocycles. The quantitative estimate of drug-likeness (QED) is 0.104. The summed E-state index contributed by atoms with van der Waals surface area (Å²) in [5.74, 6) is -3.99. The van der Waals surface area contributed by atoms with Crippen molar-refractivity contribution in [1.82, 2.24) is 5.32 Å². The number of hydrogen-bond acceptors (Lipinski definition) is 5. The summed E-state index contributed by atoms with van der Waals surface area (Å²) in [7, 11) is 0. The molecule has 8 heteroatoms. The van der Waals surface area contributed by atoms with Gasteiger partial charge >= 0.3 is 59.1 Å². The Bertz CT molecular complexity index is 655. The Morgan fingerprint density at radius 3 is 1.78 bits per heavy atom. The molecule has 0 fully saturated rings. The maximum Gasteiger partial charge on any atom is 1.00 e. The molecule has 0 heterocycles. The molecule has 0 radical (unpaired) electrons.